The van der Waals surface area contributed by atoms with Crippen molar-refractivity contribution in [2.45, 2.75) is 97.3 Å². The number of oxazole rings is 1. The summed E-state index contributed by atoms with van der Waals surface area (Å²) in [7, 11) is 0. The molecule has 2 aliphatic heterocycles. The number of carbonyl (C=O) groups is 2. The zero-order valence-electron chi connectivity index (χ0n) is 32.0. The van der Waals surface area contributed by atoms with Gasteiger partial charge in [0.15, 0.2) is 5.69 Å². The molecule has 288 valence electrons. The highest BCUT2D eigenvalue weighted by Gasteiger charge is 2.40. The first kappa shape index (κ1) is 40.3. The van der Waals surface area contributed by atoms with E-state index in [0.29, 0.717) is 30.5 Å². The zero-order valence-corrected chi connectivity index (χ0v) is 32.0. The summed E-state index contributed by atoms with van der Waals surface area (Å²) < 4.78 is 17.5. The van der Waals surface area contributed by atoms with Crippen LogP contribution in [0.1, 0.15) is 93.5 Å². The second-order valence-corrected chi connectivity index (χ2v) is 15.2. The first-order valence-electron chi connectivity index (χ1n) is 18.7. The fourth-order valence-corrected chi connectivity index (χ4v) is 6.21. The molecule has 0 aromatic carbocycles. The number of cyclic esters (lactones) is 2. The van der Waals surface area contributed by atoms with E-state index >= 15 is 0 Å². The molecule has 8 atom stereocenters. The van der Waals surface area contributed by atoms with Gasteiger partial charge in [0.05, 0.1) is 18.4 Å². The number of fused-ring (bicyclic) bond motifs is 6. The van der Waals surface area contributed by atoms with E-state index in [9.17, 15) is 19.8 Å². The van der Waals surface area contributed by atoms with Crippen LogP contribution in [0.15, 0.2) is 102 Å². The molecule has 54 heavy (non-hydrogen) atoms. The lowest BCUT2D eigenvalue weighted by atomic mass is 9.79. The Kier molecular flexibility index (Phi) is 13.4. The van der Waals surface area contributed by atoms with Crippen molar-refractivity contribution in [2.75, 3.05) is 0 Å². The van der Waals surface area contributed by atoms with Gasteiger partial charge < -0.3 is 34.4 Å². The number of H-pyrrole nitrogens is 1. The van der Waals surface area contributed by atoms with Crippen LogP contribution >= 0.6 is 0 Å². The van der Waals surface area contributed by atoms with Crippen LogP contribution in [0.2, 0.25) is 0 Å². The van der Waals surface area contributed by atoms with Crippen molar-refractivity contribution in [3.8, 4) is 0 Å². The normalized spacial score (nSPS) is 30.5. The number of aliphatic hydroxyl groups is 2. The van der Waals surface area contributed by atoms with Crippen LogP contribution in [0.3, 0.4) is 0 Å². The zero-order chi connectivity index (χ0) is 38.9. The Bertz CT molecular complexity index is 1710. The van der Waals surface area contributed by atoms with Gasteiger partial charge in [0.25, 0.3) is 0 Å². The van der Waals surface area contributed by atoms with E-state index in [0.717, 1.165) is 6.42 Å². The second kappa shape index (κ2) is 18.0. The Balaban J connectivity index is 1.35. The molecule has 4 N–H and O–H groups in total. The van der Waals surface area contributed by atoms with Crippen LogP contribution in [0.5, 0.6) is 0 Å². The van der Waals surface area contributed by atoms with E-state index in [1.165, 1.54) is 12.5 Å². The van der Waals surface area contributed by atoms with Gasteiger partial charge in [-0.15, -0.1) is 0 Å². The van der Waals surface area contributed by atoms with Crippen LogP contribution in [0, 0.1) is 22.7 Å². The molecular formula is C43H54N4O7. The van der Waals surface area contributed by atoms with Crippen LogP contribution in [0.4, 0.5) is 0 Å². The lowest BCUT2D eigenvalue weighted by Crippen LogP contribution is -2.42. The monoisotopic (exact) mass is 738 g/mol. The van der Waals surface area contributed by atoms with E-state index in [2.05, 4.69) is 32.4 Å². The predicted molar refractivity (Wildman–Crippen MR) is 209 cm³/mol. The van der Waals surface area contributed by atoms with Gasteiger partial charge in [-0.05, 0) is 38.2 Å². The smallest absolute Gasteiger partial charge is 0.360 e. The first-order valence-corrected chi connectivity index (χ1v) is 18.7. The molecule has 0 unspecified atom stereocenters. The molecule has 3 aliphatic rings. The quantitative estimate of drug-likeness (QED) is 0.136. The predicted octanol–water partition coefficient (Wildman–Crippen LogP) is 7.10. The number of hydrogen-bond acceptors (Lipinski definition) is 10. The van der Waals surface area contributed by atoms with E-state index in [4.69, 9.17) is 13.9 Å². The molecule has 4 heterocycles. The fourth-order valence-electron chi connectivity index (χ4n) is 6.21. The van der Waals surface area contributed by atoms with Crippen molar-refractivity contribution in [2.24, 2.45) is 22.7 Å². The number of ether oxygens (including phenoxy) is 2. The van der Waals surface area contributed by atoms with E-state index in [1.54, 1.807) is 42.5 Å². The summed E-state index contributed by atoms with van der Waals surface area (Å²) in [5.41, 5.74) is -1.28. The van der Waals surface area contributed by atoms with Crippen molar-refractivity contribution < 1.29 is 33.7 Å². The highest BCUT2D eigenvalue weighted by Crippen LogP contribution is 2.41. The largest absolute Gasteiger partial charge is 0.457 e. The molecule has 1 saturated carbocycles. The van der Waals surface area contributed by atoms with Crippen LogP contribution < -0.4 is 5.32 Å². The summed E-state index contributed by atoms with van der Waals surface area (Å²) in [6.07, 6.45) is 31.8. The maximum Gasteiger partial charge on any atom is 0.360 e. The molecule has 0 spiro atoms. The number of rotatable bonds is 6. The summed E-state index contributed by atoms with van der Waals surface area (Å²) in [6, 6.07) is 0.200. The number of aromatic nitrogens is 3. The standard InChI is InChI=1S/C43H54N4O7/c1-7-15-34(48)42(3,4)36-21-13-18-29-25-28(29)17-9-11-23-38-44-26-32(46-38)40(50)53-37(43(5,6)35(49)16-8-2)22-14-20-31-30(45-31)19-10-12-24-39-47-33(27-52-39)41(51)54-36/h7-20,23-24,26-31,34-37,45,48-49H,21-22,25H2,1-6H3,(H,44,46)/b15-7+,16-8+,17-9+,18-13-,19-10+,20-14-,23-11-,24-12-/t28-,29+,30+,31-,34+,35+,36+,37+/m1/s1. The van der Waals surface area contributed by atoms with Gasteiger partial charge in [-0.1, -0.05) is 113 Å². The lowest BCUT2D eigenvalue weighted by Gasteiger charge is -2.36. The molecule has 2 aromatic heterocycles. The number of esters is 2. The van der Waals surface area contributed by atoms with Gasteiger partial charge in [0.1, 0.15) is 30.0 Å². The Morgan fingerprint density at radius 1 is 0.796 bits per heavy atom. The summed E-state index contributed by atoms with van der Waals surface area (Å²) in [4.78, 5) is 38.2. The second-order valence-electron chi connectivity index (χ2n) is 15.2. The maximum absolute atomic E-state index is 13.3. The molecule has 2 fully saturated rings. The highest BCUT2D eigenvalue weighted by molar-refractivity contribution is 5.88. The van der Waals surface area contributed by atoms with Gasteiger partial charge >= 0.3 is 11.9 Å². The third-order valence-electron chi connectivity index (χ3n) is 10.4. The lowest BCUT2D eigenvalue weighted by molar-refractivity contribution is -0.0461. The van der Waals surface area contributed by atoms with E-state index in [1.807, 2.05) is 84.1 Å². The van der Waals surface area contributed by atoms with Crippen molar-refractivity contribution in [1.82, 2.24) is 20.3 Å². The van der Waals surface area contributed by atoms with Crippen molar-refractivity contribution in [3.05, 3.63) is 121 Å². The molecule has 5 rings (SSSR count). The summed E-state index contributed by atoms with van der Waals surface area (Å²) in [5, 5.41) is 25.2. The number of allylic oxidation sites excluding steroid dienone is 8. The molecule has 4 bridgehead atoms. The molecule has 1 saturated heterocycles. The average Bonchev–Trinajstić information content (AvgIpc) is 3.93. The number of nitrogens with one attached hydrogen (secondary N) is 2. The average molecular weight is 739 g/mol. The number of imidazole rings is 1. The molecule has 0 radical (unpaired) electrons. The maximum atomic E-state index is 13.3. The number of aliphatic hydroxyl groups excluding tert-OH is 2. The Morgan fingerprint density at radius 2 is 1.39 bits per heavy atom. The minimum absolute atomic E-state index is 0.0503. The van der Waals surface area contributed by atoms with E-state index in [-0.39, 0.29) is 29.4 Å². The van der Waals surface area contributed by atoms with Gasteiger partial charge in [-0.3, -0.25) is 0 Å². The molecule has 2 aromatic rings. The van der Waals surface area contributed by atoms with Gasteiger partial charge in [-0.25, -0.2) is 19.6 Å². The Labute approximate surface area is 318 Å². The third-order valence-corrected chi connectivity index (χ3v) is 10.4. The van der Waals surface area contributed by atoms with Crippen molar-refractivity contribution >= 4 is 24.1 Å². The molecule has 1 aliphatic carbocycles. The van der Waals surface area contributed by atoms with Gasteiger partial charge in [0, 0.05) is 41.8 Å². The third kappa shape index (κ3) is 10.6. The molecule has 11 heteroatoms. The number of aromatic amines is 1. The molecular weight excluding hydrogens is 684 g/mol. The van der Waals surface area contributed by atoms with E-state index < -0.39 is 47.2 Å². The summed E-state index contributed by atoms with van der Waals surface area (Å²) in [6.45, 7) is 11.2. The Morgan fingerprint density at radius 3 is 2.07 bits per heavy atom. The topological polar surface area (TPSA) is 170 Å². The van der Waals surface area contributed by atoms with Crippen LogP contribution in [0.25, 0.3) is 12.2 Å². The van der Waals surface area contributed by atoms with Crippen molar-refractivity contribution in [3.63, 3.8) is 0 Å². The Hall–Kier alpha value is -4.84. The minimum Gasteiger partial charge on any atom is -0.457 e. The van der Waals surface area contributed by atoms with Crippen molar-refractivity contribution in [1.29, 1.82) is 0 Å². The summed E-state index contributed by atoms with van der Waals surface area (Å²) in [5.74, 6) is 0.316. The summed E-state index contributed by atoms with van der Waals surface area (Å²) >= 11 is 0. The van der Waals surface area contributed by atoms with Gasteiger partial charge in [-0.2, -0.15) is 0 Å². The molecule has 11 nitrogen and oxygen atoms in total. The minimum atomic E-state index is -0.833. The fraction of sp³-hybridized carbons (Fsp3) is 0.442. The number of nitrogens with zero attached hydrogens (tertiary/aromatic N) is 2. The van der Waals surface area contributed by atoms with Crippen LogP contribution in [-0.2, 0) is 9.47 Å². The molecule has 0 amide bonds. The SMILES string of the molecule is C/C=C/[C@H](O)C(C)(C)[C@@H]1C/C=C\[C@H]2C[C@H]2/C=C/C=C\c2ncc([nH]2)C(=O)O[C@H](C(C)(C)[C@@H](O)/C=C/C)C/C=C\[C@H]2N[C@H]2/C=C/C=C\c2nc(co2)C(=O)O1. The number of carbonyl (C=O) groups excluding carboxylic acids is 2. The number of hydrogen-bond donors (Lipinski definition) is 4. The highest BCUT2D eigenvalue weighted by atomic mass is 16.6. The van der Waals surface area contributed by atoms with Crippen LogP contribution in [-0.4, -0.2) is 73.6 Å². The van der Waals surface area contributed by atoms with Gasteiger partial charge in [0.2, 0.25) is 5.89 Å². The first-order chi connectivity index (χ1) is 25.8.